The Morgan fingerprint density at radius 1 is 1.26 bits per heavy atom. The molecular formula is C14H24N2O3. The fraction of sp³-hybridized carbons (Fsp3) is 0.857. The maximum absolute atomic E-state index is 12.3. The molecule has 2 fully saturated rings. The number of aliphatic carboxylic acids is 1. The van der Waals surface area contributed by atoms with Crippen LogP contribution >= 0.6 is 0 Å². The number of amides is 1. The first-order valence-electron chi connectivity index (χ1n) is 7.34. The van der Waals surface area contributed by atoms with Crippen LogP contribution in [0.25, 0.3) is 0 Å². The molecule has 1 saturated carbocycles. The summed E-state index contributed by atoms with van der Waals surface area (Å²) in [4.78, 5) is 24.8. The highest BCUT2D eigenvalue weighted by atomic mass is 16.4. The molecule has 2 atom stereocenters. The van der Waals surface area contributed by atoms with Gasteiger partial charge in [0.2, 0.25) is 5.91 Å². The molecule has 0 spiro atoms. The number of carboxylic acid groups (broad SMARTS) is 1. The van der Waals surface area contributed by atoms with Crippen LogP contribution < -0.4 is 5.73 Å². The minimum absolute atomic E-state index is 0.00505. The molecule has 2 unspecified atom stereocenters. The summed E-state index contributed by atoms with van der Waals surface area (Å²) >= 11 is 0. The number of carboxylic acids is 1. The topological polar surface area (TPSA) is 83.6 Å². The monoisotopic (exact) mass is 268 g/mol. The van der Waals surface area contributed by atoms with Crippen LogP contribution in [0.5, 0.6) is 0 Å². The van der Waals surface area contributed by atoms with Crippen molar-refractivity contribution in [2.24, 2.45) is 11.7 Å². The first-order chi connectivity index (χ1) is 9.08. The van der Waals surface area contributed by atoms with Gasteiger partial charge in [0.1, 0.15) is 0 Å². The predicted octanol–water partition coefficient (Wildman–Crippen LogP) is 1.36. The molecule has 0 radical (unpaired) electrons. The Bertz CT molecular complexity index is 342. The fourth-order valence-corrected chi connectivity index (χ4v) is 2.93. The molecule has 1 heterocycles. The van der Waals surface area contributed by atoms with Gasteiger partial charge < -0.3 is 15.7 Å². The van der Waals surface area contributed by atoms with Crippen LogP contribution in [0.3, 0.4) is 0 Å². The van der Waals surface area contributed by atoms with Crippen LogP contribution in [0.15, 0.2) is 0 Å². The Kier molecular flexibility index (Phi) is 4.80. The number of hydrogen-bond donors (Lipinski definition) is 2. The number of likely N-dealkylation sites (tertiary alicyclic amines) is 1. The number of rotatable bonds is 6. The number of nitrogens with two attached hydrogens (primary N) is 1. The van der Waals surface area contributed by atoms with E-state index in [1.165, 1.54) is 0 Å². The van der Waals surface area contributed by atoms with E-state index >= 15 is 0 Å². The largest absolute Gasteiger partial charge is 0.481 e. The molecule has 0 aromatic heterocycles. The summed E-state index contributed by atoms with van der Waals surface area (Å²) in [5, 5.41) is 8.77. The van der Waals surface area contributed by atoms with Crippen LogP contribution in [-0.2, 0) is 9.59 Å². The lowest BCUT2D eigenvalue weighted by Crippen LogP contribution is -2.46. The summed E-state index contributed by atoms with van der Waals surface area (Å²) in [5.41, 5.74) is 6.01. The zero-order chi connectivity index (χ0) is 13.8. The van der Waals surface area contributed by atoms with Gasteiger partial charge in [-0.25, -0.2) is 0 Å². The quantitative estimate of drug-likeness (QED) is 0.762. The summed E-state index contributed by atoms with van der Waals surface area (Å²) in [6, 6.07) is 0.0957. The predicted molar refractivity (Wildman–Crippen MR) is 71.5 cm³/mol. The number of carbonyl (C=O) groups excluding carboxylic acids is 1. The molecule has 108 valence electrons. The van der Waals surface area contributed by atoms with Gasteiger partial charge in [0, 0.05) is 31.5 Å². The smallest absolute Gasteiger partial charge is 0.303 e. The number of hydrogen-bond acceptors (Lipinski definition) is 3. The molecule has 3 N–H and O–H groups in total. The standard InChI is InChI=1S/C14H24N2O3/c15-12(10-4-5-10)9-13(17)16-8-2-1-3-11(16)6-7-14(18)19/h10-12H,1-9,15H2,(H,18,19). The number of nitrogens with zero attached hydrogens (tertiary/aromatic N) is 1. The SMILES string of the molecule is NC(CC(=O)N1CCCCC1CCC(=O)O)C1CC1. The van der Waals surface area contributed by atoms with Crippen molar-refractivity contribution in [3.63, 3.8) is 0 Å². The zero-order valence-corrected chi connectivity index (χ0v) is 11.4. The number of piperidine rings is 1. The van der Waals surface area contributed by atoms with E-state index in [0.29, 0.717) is 18.8 Å². The van der Waals surface area contributed by atoms with Crippen molar-refractivity contribution in [2.45, 2.75) is 63.5 Å². The first kappa shape index (κ1) is 14.3. The Balaban J connectivity index is 1.86. The van der Waals surface area contributed by atoms with Crippen LogP contribution in [-0.4, -0.2) is 40.5 Å². The summed E-state index contributed by atoms with van der Waals surface area (Å²) in [7, 11) is 0. The number of carbonyl (C=O) groups is 2. The maximum Gasteiger partial charge on any atom is 0.303 e. The summed E-state index contributed by atoms with van der Waals surface area (Å²) < 4.78 is 0. The second-order valence-electron chi connectivity index (χ2n) is 5.87. The zero-order valence-electron chi connectivity index (χ0n) is 11.4. The van der Waals surface area contributed by atoms with Gasteiger partial charge in [-0.3, -0.25) is 9.59 Å². The Labute approximate surface area is 114 Å². The molecule has 1 aliphatic carbocycles. The van der Waals surface area contributed by atoms with Crippen molar-refractivity contribution in [1.29, 1.82) is 0 Å². The van der Waals surface area contributed by atoms with Crippen molar-refractivity contribution in [1.82, 2.24) is 4.90 Å². The van der Waals surface area contributed by atoms with Crippen LogP contribution in [0, 0.1) is 5.92 Å². The van der Waals surface area contributed by atoms with E-state index in [9.17, 15) is 9.59 Å². The lowest BCUT2D eigenvalue weighted by Gasteiger charge is -2.36. The van der Waals surface area contributed by atoms with Gasteiger partial charge in [-0.05, 0) is 44.4 Å². The lowest BCUT2D eigenvalue weighted by molar-refractivity contribution is -0.140. The highest BCUT2D eigenvalue weighted by molar-refractivity contribution is 5.77. The average molecular weight is 268 g/mol. The highest BCUT2D eigenvalue weighted by Crippen LogP contribution is 2.33. The van der Waals surface area contributed by atoms with Gasteiger partial charge in [-0.1, -0.05) is 0 Å². The van der Waals surface area contributed by atoms with Gasteiger partial charge in [0.15, 0.2) is 0 Å². The van der Waals surface area contributed by atoms with Crippen molar-refractivity contribution in [3.05, 3.63) is 0 Å². The van der Waals surface area contributed by atoms with Crippen molar-refractivity contribution in [2.75, 3.05) is 6.54 Å². The minimum Gasteiger partial charge on any atom is -0.481 e. The Hall–Kier alpha value is -1.10. The minimum atomic E-state index is -0.785. The molecule has 1 amide bonds. The van der Waals surface area contributed by atoms with E-state index in [4.69, 9.17) is 10.8 Å². The van der Waals surface area contributed by atoms with E-state index in [0.717, 1.165) is 38.6 Å². The third-order valence-electron chi connectivity index (χ3n) is 4.28. The van der Waals surface area contributed by atoms with Crippen molar-refractivity contribution >= 4 is 11.9 Å². The molecule has 1 aliphatic heterocycles. The summed E-state index contributed by atoms with van der Waals surface area (Å²) in [6.45, 7) is 0.764. The molecule has 0 aromatic rings. The van der Waals surface area contributed by atoms with E-state index in [1.807, 2.05) is 4.90 Å². The van der Waals surface area contributed by atoms with Crippen LogP contribution in [0.4, 0.5) is 0 Å². The van der Waals surface area contributed by atoms with Gasteiger partial charge in [-0.2, -0.15) is 0 Å². The lowest BCUT2D eigenvalue weighted by atomic mass is 9.96. The second-order valence-corrected chi connectivity index (χ2v) is 5.87. The third-order valence-corrected chi connectivity index (χ3v) is 4.28. The van der Waals surface area contributed by atoms with Crippen molar-refractivity contribution < 1.29 is 14.7 Å². The Morgan fingerprint density at radius 3 is 2.63 bits per heavy atom. The van der Waals surface area contributed by atoms with Crippen LogP contribution in [0.1, 0.15) is 51.4 Å². The fourth-order valence-electron chi connectivity index (χ4n) is 2.93. The van der Waals surface area contributed by atoms with Crippen LogP contribution in [0.2, 0.25) is 0 Å². The molecule has 0 aromatic carbocycles. The molecule has 2 aliphatic rings. The summed E-state index contributed by atoms with van der Waals surface area (Å²) in [5.74, 6) is -0.131. The maximum atomic E-state index is 12.3. The summed E-state index contributed by atoms with van der Waals surface area (Å²) in [6.07, 6.45) is 6.47. The molecule has 5 heteroatoms. The molecule has 0 bridgehead atoms. The molecule has 2 rings (SSSR count). The first-order valence-corrected chi connectivity index (χ1v) is 7.34. The normalized spacial score (nSPS) is 25.1. The molecule has 1 saturated heterocycles. The van der Waals surface area contributed by atoms with Gasteiger partial charge in [0.05, 0.1) is 0 Å². The van der Waals surface area contributed by atoms with E-state index in [1.54, 1.807) is 0 Å². The van der Waals surface area contributed by atoms with Gasteiger partial charge >= 0.3 is 5.97 Å². The molecule has 5 nitrogen and oxygen atoms in total. The van der Waals surface area contributed by atoms with Gasteiger partial charge in [0.25, 0.3) is 0 Å². The Morgan fingerprint density at radius 2 is 2.00 bits per heavy atom. The molecular weight excluding hydrogens is 244 g/mol. The van der Waals surface area contributed by atoms with Crippen molar-refractivity contribution in [3.8, 4) is 0 Å². The van der Waals surface area contributed by atoms with E-state index in [2.05, 4.69) is 0 Å². The van der Waals surface area contributed by atoms with E-state index in [-0.39, 0.29) is 24.4 Å². The van der Waals surface area contributed by atoms with E-state index < -0.39 is 5.97 Å². The molecule has 19 heavy (non-hydrogen) atoms. The third kappa shape index (κ3) is 4.20. The average Bonchev–Trinajstić information content (AvgIpc) is 3.20. The highest BCUT2D eigenvalue weighted by Gasteiger charge is 2.33. The second kappa shape index (κ2) is 6.37. The van der Waals surface area contributed by atoms with Gasteiger partial charge in [-0.15, -0.1) is 0 Å².